The maximum atomic E-state index is 9.92. The second-order valence-corrected chi connectivity index (χ2v) is 2.68. The van der Waals surface area contributed by atoms with Gasteiger partial charge in [-0.3, -0.25) is 4.79 Å². The normalized spacial score (nSPS) is 11.7. The van der Waals surface area contributed by atoms with Gasteiger partial charge in [-0.25, -0.2) is 0 Å². The third kappa shape index (κ3) is 4.21. The fourth-order valence-corrected chi connectivity index (χ4v) is 0.969. The molecule has 0 aliphatic carbocycles. The van der Waals surface area contributed by atoms with Crippen LogP contribution in [0, 0.1) is 0 Å². The van der Waals surface area contributed by atoms with E-state index < -0.39 is 0 Å². The molecule has 70 valence electrons. The summed E-state index contributed by atoms with van der Waals surface area (Å²) < 4.78 is 0. The van der Waals surface area contributed by atoms with Crippen LogP contribution < -0.4 is 0 Å². The Kier molecular flexibility index (Phi) is 4.81. The van der Waals surface area contributed by atoms with Crippen LogP contribution in [0.3, 0.4) is 0 Å². The lowest BCUT2D eigenvalue weighted by molar-refractivity contribution is -0.104. The van der Waals surface area contributed by atoms with Crippen molar-refractivity contribution in [2.75, 3.05) is 0 Å². The molecule has 0 saturated heterocycles. The van der Waals surface area contributed by atoms with Crippen molar-refractivity contribution in [1.29, 1.82) is 0 Å². The van der Waals surface area contributed by atoms with Gasteiger partial charge in [-0.05, 0) is 11.6 Å². The maximum absolute atomic E-state index is 9.92. The summed E-state index contributed by atoms with van der Waals surface area (Å²) in [6, 6.07) is 10.0. The van der Waals surface area contributed by atoms with E-state index in [1.807, 2.05) is 54.6 Å². The minimum absolute atomic E-state index is 0.755. The van der Waals surface area contributed by atoms with E-state index in [0.29, 0.717) is 0 Å². The van der Waals surface area contributed by atoms with E-state index in [4.69, 9.17) is 0 Å². The molecule has 0 N–H and O–H groups in total. The highest BCUT2D eigenvalue weighted by Gasteiger charge is 1.78. The fourth-order valence-electron chi connectivity index (χ4n) is 0.969. The summed E-state index contributed by atoms with van der Waals surface area (Å²) in [4.78, 5) is 9.92. The predicted molar refractivity (Wildman–Crippen MR) is 59.8 cm³/mol. The quantitative estimate of drug-likeness (QED) is 0.399. The van der Waals surface area contributed by atoms with Gasteiger partial charge in [0.2, 0.25) is 0 Å². The van der Waals surface area contributed by atoms with Gasteiger partial charge in [-0.15, -0.1) is 0 Å². The van der Waals surface area contributed by atoms with Crippen LogP contribution in [-0.2, 0) is 4.79 Å². The molecule has 14 heavy (non-hydrogen) atoms. The smallest absolute Gasteiger partial charge is 0.142 e. The lowest BCUT2D eigenvalue weighted by atomic mass is 10.2. The molecule has 1 heteroatoms. The Bertz CT molecular complexity index is 345. The molecule has 1 aromatic rings. The number of benzene rings is 1. The summed E-state index contributed by atoms with van der Waals surface area (Å²) in [5.74, 6) is 0. The molecule has 1 aromatic carbocycles. The lowest BCUT2D eigenvalue weighted by Crippen LogP contribution is -1.66. The Labute approximate surface area is 84.1 Å². The van der Waals surface area contributed by atoms with Gasteiger partial charge in [-0.1, -0.05) is 60.7 Å². The molecule has 0 fully saturated rings. The average Bonchev–Trinajstić information content (AvgIpc) is 2.25. The van der Waals surface area contributed by atoms with Crippen LogP contribution in [0.15, 0.2) is 60.7 Å². The molecule has 0 bridgehead atoms. The Hall–Kier alpha value is -1.89. The van der Waals surface area contributed by atoms with Gasteiger partial charge >= 0.3 is 0 Å². The van der Waals surface area contributed by atoms with Crippen molar-refractivity contribution < 1.29 is 4.79 Å². The number of allylic oxidation sites excluding steroid dienone is 5. The molecule has 0 amide bonds. The summed E-state index contributed by atoms with van der Waals surface area (Å²) in [5, 5.41) is 0. The van der Waals surface area contributed by atoms with Crippen LogP contribution in [0.1, 0.15) is 5.56 Å². The highest BCUT2D eigenvalue weighted by Crippen LogP contribution is 2.00. The molecule has 0 radical (unpaired) electrons. The van der Waals surface area contributed by atoms with Crippen LogP contribution in [0.25, 0.3) is 6.08 Å². The van der Waals surface area contributed by atoms with E-state index in [1.165, 1.54) is 6.08 Å². The van der Waals surface area contributed by atoms with Gasteiger partial charge in [0, 0.05) is 0 Å². The highest BCUT2D eigenvalue weighted by atomic mass is 16.1. The first-order valence-electron chi connectivity index (χ1n) is 4.44. The van der Waals surface area contributed by atoms with Crippen LogP contribution in [-0.4, -0.2) is 6.29 Å². The molecule has 1 nitrogen and oxygen atoms in total. The van der Waals surface area contributed by atoms with Crippen molar-refractivity contribution in [3.8, 4) is 0 Å². The number of rotatable bonds is 4. The largest absolute Gasteiger partial charge is 0.299 e. The molecule has 0 heterocycles. The monoisotopic (exact) mass is 184 g/mol. The third-order valence-corrected chi connectivity index (χ3v) is 1.61. The summed E-state index contributed by atoms with van der Waals surface area (Å²) in [6.45, 7) is 0. The number of carbonyl (C=O) groups excluding carboxylic acids is 1. The number of aldehydes is 1. The number of hydrogen-bond acceptors (Lipinski definition) is 1. The zero-order chi connectivity index (χ0) is 10.1. The highest BCUT2D eigenvalue weighted by molar-refractivity contribution is 5.65. The van der Waals surface area contributed by atoms with Gasteiger partial charge in [0.15, 0.2) is 0 Å². The average molecular weight is 184 g/mol. The van der Waals surface area contributed by atoms with Crippen LogP contribution in [0.5, 0.6) is 0 Å². The molecule has 0 aromatic heterocycles. The van der Waals surface area contributed by atoms with Crippen molar-refractivity contribution in [3.63, 3.8) is 0 Å². The van der Waals surface area contributed by atoms with E-state index in [1.54, 1.807) is 6.08 Å². The van der Waals surface area contributed by atoms with Crippen molar-refractivity contribution in [2.24, 2.45) is 0 Å². The summed E-state index contributed by atoms with van der Waals surface area (Å²) in [7, 11) is 0. The molecule has 0 atom stereocenters. The zero-order valence-corrected chi connectivity index (χ0v) is 7.84. The van der Waals surface area contributed by atoms with Crippen molar-refractivity contribution >= 4 is 12.4 Å². The minimum atomic E-state index is 0.755. The van der Waals surface area contributed by atoms with Crippen LogP contribution >= 0.6 is 0 Å². The van der Waals surface area contributed by atoms with E-state index in [-0.39, 0.29) is 0 Å². The molecule has 1 rings (SSSR count). The van der Waals surface area contributed by atoms with Gasteiger partial charge in [0.1, 0.15) is 6.29 Å². The van der Waals surface area contributed by atoms with E-state index in [2.05, 4.69) is 0 Å². The van der Waals surface area contributed by atoms with Gasteiger partial charge in [0.05, 0.1) is 0 Å². The Morgan fingerprint density at radius 2 is 1.43 bits per heavy atom. The summed E-state index contributed by atoms with van der Waals surface area (Å²) in [5.41, 5.74) is 1.16. The maximum Gasteiger partial charge on any atom is 0.142 e. The standard InChI is InChI=1S/C13H12O/c14-12-8-3-1-2-5-9-13-10-6-4-7-11-13/h1-12H/b2-1+,8-3+,9-5+. The lowest BCUT2D eigenvalue weighted by Gasteiger charge is -1.87. The first-order valence-corrected chi connectivity index (χ1v) is 4.44. The van der Waals surface area contributed by atoms with E-state index in [0.717, 1.165) is 11.8 Å². The predicted octanol–water partition coefficient (Wildman–Crippen LogP) is 3.01. The van der Waals surface area contributed by atoms with Crippen molar-refractivity contribution in [2.45, 2.75) is 0 Å². The Morgan fingerprint density at radius 3 is 2.14 bits per heavy atom. The van der Waals surface area contributed by atoms with E-state index >= 15 is 0 Å². The summed E-state index contributed by atoms with van der Waals surface area (Å²) >= 11 is 0. The van der Waals surface area contributed by atoms with Gasteiger partial charge in [-0.2, -0.15) is 0 Å². The number of carbonyl (C=O) groups is 1. The first kappa shape index (κ1) is 10.2. The minimum Gasteiger partial charge on any atom is -0.299 e. The zero-order valence-electron chi connectivity index (χ0n) is 7.84. The SMILES string of the molecule is O=C/C=C/C=C/C=C/c1ccccc1. The molecule has 0 unspecified atom stereocenters. The third-order valence-electron chi connectivity index (χ3n) is 1.61. The molecule has 0 aliphatic rings. The second-order valence-electron chi connectivity index (χ2n) is 2.68. The van der Waals surface area contributed by atoms with Gasteiger partial charge in [0.25, 0.3) is 0 Å². The topological polar surface area (TPSA) is 17.1 Å². The van der Waals surface area contributed by atoms with Crippen LogP contribution in [0.2, 0.25) is 0 Å². The Balaban J connectivity index is 2.45. The first-order chi connectivity index (χ1) is 6.93. The fraction of sp³-hybridized carbons (Fsp3) is 0. The molecular weight excluding hydrogens is 172 g/mol. The molecular formula is C13H12O. The van der Waals surface area contributed by atoms with Crippen LogP contribution in [0.4, 0.5) is 0 Å². The number of hydrogen-bond donors (Lipinski definition) is 0. The van der Waals surface area contributed by atoms with Crippen molar-refractivity contribution in [3.05, 3.63) is 66.3 Å². The summed E-state index contributed by atoms with van der Waals surface area (Å²) in [6.07, 6.45) is 11.5. The van der Waals surface area contributed by atoms with Gasteiger partial charge < -0.3 is 0 Å². The second kappa shape index (κ2) is 6.61. The Morgan fingerprint density at radius 1 is 0.786 bits per heavy atom. The van der Waals surface area contributed by atoms with E-state index in [9.17, 15) is 4.79 Å². The molecule has 0 spiro atoms. The molecule has 0 aliphatic heterocycles. The molecule has 0 saturated carbocycles. The van der Waals surface area contributed by atoms with Crippen molar-refractivity contribution in [1.82, 2.24) is 0 Å².